The van der Waals surface area contributed by atoms with Crippen molar-refractivity contribution in [2.75, 3.05) is 32.1 Å². The molecule has 0 bridgehead atoms. The minimum atomic E-state index is -4.06. The third-order valence-corrected chi connectivity index (χ3v) is 4.83. The highest BCUT2D eigenvalue weighted by Gasteiger charge is 2.19. The normalized spacial score (nSPS) is 10.9. The zero-order valence-corrected chi connectivity index (χ0v) is 17.0. The number of nitrogens with two attached hydrogens (primary N) is 1. The molecule has 2 aromatic rings. The van der Waals surface area contributed by atoms with Crippen molar-refractivity contribution in [1.82, 2.24) is 5.32 Å². The molecule has 0 saturated carbocycles. The highest BCUT2D eigenvalue weighted by Crippen LogP contribution is 2.27. The summed E-state index contributed by atoms with van der Waals surface area (Å²) in [5.41, 5.74) is -0.363. The third-order valence-electron chi connectivity index (χ3n) is 3.91. The van der Waals surface area contributed by atoms with Gasteiger partial charge in [-0.25, -0.2) is 13.6 Å². The minimum Gasteiger partial charge on any atom is -0.497 e. The number of rotatable bonds is 11. The number of benzene rings is 2. The van der Waals surface area contributed by atoms with E-state index in [-0.39, 0.29) is 42.6 Å². The van der Waals surface area contributed by atoms with Gasteiger partial charge >= 0.3 is 0 Å². The van der Waals surface area contributed by atoms with Gasteiger partial charge < -0.3 is 20.1 Å². The molecule has 0 aliphatic carbocycles. The lowest BCUT2D eigenvalue weighted by molar-refractivity contribution is -0.384. The van der Waals surface area contributed by atoms with Crippen molar-refractivity contribution in [3.63, 3.8) is 0 Å². The van der Waals surface area contributed by atoms with Gasteiger partial charge in [-0.05, 0) is 36.4 Å². The van der Waals surface area contributed by atoms with Crippen LogP contribution >= 0.6 is 0 Å². The van der Waals surface area contributed by atoms with Crippen LogP contribution in [0.2, 0.25) is 0 Å². The number of amides is 1. The van der Waals surface area contributed by atoms with E-state index in [1.807, 2.05) is 0 Å². The Labute approximate surface area is 173 Å². The molecular weight excluding hydrogens is 416 g/mol. The summed E-state index contributed by atoms with van der Waals surface area (Å²) in [6, 6.07) is 10.3. The summed E-state index contributed by atoms with van der Waals surface area (Å²) < 4.78 is 33.2. The SMILES string of the molecule is COc1ccc(OCCNC(=O)CCNc2ccc(S(N)(=O)=O)cc2[N+](=O)[O-])cc1. The van der Waals surface area contributed by atoms with Gasteiger partial charge in [0.25, 0.3) is 5.69 Å². The first kappa shape index (κ1) is 22.9. The predicted octanol–water partition coefficient (Wildman–Crippen LogP) is 1.25. The van der Waals surface area contributed by atoms with Crippen LogP contribution in [0.15, 0.2) is 47.4 Å². The average Bonchev–Trinajstić information content (AvgIpc) is 2.71. The first-order valence-corrected chi connectivity index (χ1v) is 10.3. The van der Waals surface area contributed by atoms with Crippen LogP contribution in [0.5, 0.6) is 11.5 Å². The van der Waals surface area contributed by atoms with Gasteiger partial charge in [-0.2, -0.15) is 0 Å². The van der Waals surface area contributed by atoms with Gasteiger partial charge in [-0.3, -0.25) is 14.9 Å². The van der Waals surface area contributed by atoms with Crippen molar-refractivity contribution in [1.29, 1.82) is 0 Å². The van der Waals surface area contributed by atoms with E-state index in [0.29, 0.717) is 11.5 Å². The van der Waals surface area contributed by atoms with Crippen molar-refractivity contribution in [3.05, 3.63) is 52.6 Å². The van der Waals surface area contributed by atoms with Crippen molar-refractivity contribution in [3.8, 4) is 11.5 Å². The van der Waals surface area contributed by atoms with Gasteiger partial charge in [0.2, 0.25) is 15.9 Å². The Kier molecular flexibility index (Phi) is 7.95. The van der Waals surface area contributed by atoms with Crippen LogP contribution in [-0.2, 0) is 14.8 Å². The quantitative estimate of drug-likeness (QED) is 0.268. The fourth-order valence-corrected chi connectivity index (χ4v) is 2.95. The van der Waals surface area contributed by atoms with Crippen LogP contribution < -0.4 is 25.2 Å². The number of anilines is 1. The van der Waals surface area contributed by atoms with Gasteiger partial charge in [0, 0.05) is 19.0 Å². The lowest BCUT2D eigenvalue weighted by Crippen LogP contribution is -2.29. The number of carbonyl (C=O) groups excluding carboxylic acids is 1. The fraction of sp³-hybridized carbons (Fsp3) is 0.278. The molecule has 0 aliphatic heterocycles. The number of nitro groups is 1. The first-order valence-electron chi connectivity index (χ1n) is 8.79. The summed E-state index contributed by atoms with van der Waals surface area (Å²) in [5, 5.41) is 21.6. The third kappa shape index (κ3) is 6.90. The van der Waals surface area contributed by atoms with Crippen LogP contribution in [0, 0.1) is 10.1 Å². The fourth-order valence-electron chi connectivity index (χ4n) is 2.42. The average molecular weight is 438 g/mol. The molecule has 11 nitrogen and oxygen atoms in total. The van der Waals surface area contributed by atoms with Crippen molar-refractivity contribution < 1.29 is 27.6 Å². The maximum atomic E-state index is 11.9. The molecule has 4 N–H and O–H groups in total. The number of methoxy groups -OCH3 is 1. The molecule has 30 heavy (non-hydrogen) atoms. The number of sulfonamides is 1. The van der Waals surface area contributed by atoms with Gasteiger partial charge in [-0.15, -0.1) is 0 Å². The Bertz CT molecular complexity index is 994. The number of hydrogen-bond acceptors (Lipinski definition) is 8. The highest BCUT2D eigenvalue weighted by molar-refractivity contribution is 7.89. The number of hydrogen-bond donors (Lipinski definition) is 3. The van der Waals surface area contributed by atoms with E-state index in [0.717, 1.165) is 12.1 Å². The second kappa shape index (κ2) is 10.4. The van der Waals surface area contributed by atoms with Crippen LogP contribution in [0.25, 0.3) is 0 Å². The molecule has 0 aliphatic rings. The topological polar surface area (TPSA) is 163 Å². The molecule has 1 amide bonds. The lowest BCUT2D eigenvalue weighted by atomic mass is 10.2. The minimum absolute atomic E-state index is 0.0522. The zero-order chi connectivity index (χ0) is 22.1. The highest BCUT2D eigenvalue weighted by atomic mass is 32.2. The number of primary sulfonamides is 1. The van der Waals surface area contributed by atoms with Gasteiger partial charge in [0.1, 0.15) is 23.8 Å². The molecule has 162 valence electrons. The molecule has 0 aromatic heterocycles. The summed E-state index contributed by atoms with van der Waals surface area (Å²) in [7, 11) is -2.49. The Morgan fingerprint density at radius 2 is 1.80 bits per heavy atom. The molecule has 2 rings (SSSR count). The molecule has 12 heteroatoms. The van der Waals surface area contributed by atoms with Crippen molar-refractivity contribution >= 4 is 27.3 Å². The summed E-state index contributed by atoms with van der Waals surface area (Å²) in [6.45, 7) is 0.667. The lowest BCUT2D eigenvalue weighted by Gasteiger charge is -2.10. The summed E-state index contributed by atoms with van der Waals surface area (Å²) in [5.74, 6) is 1.08. The second-order valence-corrected chi connectivity index (χ2v) is 7.59. The van der Waals surface area contributed by atoms with Crippen LogP contribution in [0.3, 0.4) is 0 Å². The molecule has 0 heterocycles. The molecule has 0 fully saturated rings. The standard InChI is InChI=1S/C18H22N4O7S/c1-28-13-2-4-14(5-3-13)29-11-10-21-18(23)8-9-20-16-7-6-15(30(19,26)27)12-17(16)22(24)25/h2-7,12,20H,8-11H2,1H3,(H,21,23)(H2,19,26,27). The molecule has 0 unspecified atom stereocenters. The van der Waals surface area contributed by atoms with Crippen LogP contribution in [0.4, 0.5) is 11.4 Å². The number of nitrogens with zero attached hydrogens (tertiary/aromatic N) is 1. The first-order chi connectivity index (χ1) is 14.2. The number of nitro benzene ring substituents is 1. The summed E-state index contributed by atoms with van der Waals surface area (Å²) in [6.07, 6.45) is 0.0522. The van der Waals surface area contributed by atoms with Gasteiger partial charge in [0.15, 0.2) is 0 Å². The molecule has 0 atom stereocenters. The van der Waals surface area contributed by atoms with Crippen molar-refractivity contribution in [2.24, 2.45) is 5.14 Å². The molecule has 0 saturated heterocycles. The van der Waals surface area contributed by atoms with Crippen LogP contribution in [0.1, 0.15) is 6.42 Å². The van der Waals surface area contributed by atoms with E-state index in [1.54, 1.807) is 31.4 Å². The van der Waals surface area contributed by atoms with Crippen LogP contribution in [-0.4, -0.2) is 46.1 Å². The zero-order valence-electron chi connectivity index (χ0n) is 16.2. The number of ether oxygens (including phenoxy) is 2. The molecule has 0 radical (unpaired) electrons. The monoisotopic (exact) mass is 438 g/mol. The Morgan fingerprint density at radius 1 is 1.13 bits per heavy atom. The van der Waals surface area contributed by atoms with E-state index < -0.39 is 20.6 Å². The second-order valence-electron chi connectivity index (χ2n) is 6.03. The van der Waals surface area contributed by atoms with E-state index in [4.69, 9.17) is 14.6 Å². The summed E-state index contributed by atoms with van der Waals surface area (Å²) in [4.78, 5) is 21.9. The Hall–Kier alpha value is -3.38. The molecular formula is C18H22N4O7S. The van der Waals surface area contributed by atoms with Crippen molar-refractivity contribution in [2.45, 2.75) is 11.3 Å². The van der Waals surface area contributed by atoms with Gasteiger partial charge in [-0.1, -0.05) is 0 Å². The maximum absolute atomic E-state index is 11.9. The van der Waals surface area contributed by atoms with E-state index in [9.17, 15) is 23.3 Å². The Balaban J connectivity index is 1.76. The van der Waals surface area contributed by atoms with E-state index in [1.165, 1.54) is 6.07 Å². The molecule has 0 spiro atoms. The Morgan fingerprint density at radius 3 is 2.40 bits per heavy atom. The van der Waals surface area contributed by atoms with E-state index in [2.05, 4.69) is 10.6 Å². The molecule has 2 aromatic carbocycles. The largest absolute Gasteiger partial charge is 0.497 e. The smallest absolute Gasteiger partial charge is 0.293 e. The number of nitrogens with one attached hydrogen (secondary N) is 2. The predicted molar refractivity (Wildman–Crippen MR) is 109 cm³/mol. The summed E-state index contributed by atoms with van der Waals surface area (Å²) >= 11 is 0. The number of carbonyl (C=O) groups is 1. The van der Waals surface area contributed by atoms with Gasteiger partial charge in [0.05, 0.1) is 23.5 Å². The maximum Gasteiger partial charge on any atom is 0.293 e. The van der Waals surface area contributed by atoms with E-state index >= 15 is 0 Å².